The molecule has 0 saturated carbocycles. The van der Waals surface area contributed by atoms with Gasteiger partial charge >= 0.3 is 0 Å². The number of benzene rings is 1. The number of hydrogen-bond acceptors (Lipinski definition) is 4. The van der Waals surface area contributed by atoms with E-state index in [2.05, 4.69) is 32.6 Å². The molecule has 0 aromatic heterocycles. The maximum atomic E-state index is 12.0. The fourth-order valence-corrected chi connectivity index (χ4v) is 3.56. The Hall–Kier alpha value is -1.59. The van der Waals surface area contributed by atoms with E-state index in [4.69, 9.17) is 0 Å². The number of amides is 1. The largest absolute Gasteiger partial charge is 0.372 e. The van der Waals surface area contributed by atoms with Crippen molar-refractivity contribution in [1.82, 2.24) is 10.2 Å². The molecule has 1 amide bonds. The molecule has 0 radical (unpaired) electrons. The quantitative estimate of drug-likeness (QED) is 0.753. The lowest BCUT2D eigenvalue weighted by Gasteiger charge is -2.26. The lowest BCUT2D eigenvalue weighted by atomic mass is 10.1. The number of carbonyl (C=O) groups is 1. The topological polar surface area (TPSA) is 47.6 Å². The van der Waals surface area contributed by atoms with Gasteiger partial charge in [0.2, 0.25) is 5.91 Å². The summed E-state index contributed by atoms with van der Waals surface area (Å²) < 4.78 is 0. The molecular weight excluding hydrogens is 300 g/mol. The number of carbonyl (C=O) groups excluding carboxylic acids is 1. The summed E-state index contributed by atoms with van der Waals surface area (Å²) in [5, 5.41) is 6.21. The molecule has 1 aromatic carbocycles. The van der Waals surface area contributed by atoms with Gasteiger partial charge < -0.3 is 20.4 Å². The van der Waals surface area contributed by atoms with E-state index in [1.807, 2.05) is 12.1 Å². The first-order chi connectivity index (χ1) is 11.8. The lowest BCUT2D eigenvalue weighted by Crippen LogP contribution is -2.38. The maximum absolute atomic E-state index is 12.0. The van der Waals surface area contributed by atoms with Crippen molar-refractivity contribution in [2.45, 2.75) is 32.1 Å². The molecule has 0 atom stereocenters. The van der Waals surface area contributed by atoms with Crippen LogP contribution >= 0.6 is 0 Å². The highest BCUT2D eigenvalue weighted by atomic mass is 16.1. The molecule has 0 unspecified atom stereocenters. The monoisotopic (exact) mass is 330 g/mol. The van der Waals surface area contributed by atoms with Gasteiger partial charge in [0, 0.05) is 37.6 Å². The summed E-state index contributed by atoms with van der Waals surface area (Å²) in [6.07, 6.45) is 6.55. The van der Waals surface area contributed by atoms with Crippen molar-refractivity contribution in [3.05, 3.63) is 24.3 Å². The van der Waals surface area contributed by atoms with Crippen LogP contribution in [0.25, 0.3) is 0 Å². The van der Waals surface area contributed by atoms with Crippen LogP contribution in [-0.4, -0.2) is 56.6 Å². The third-order valence-electron chi connectivity index (χ3n) is 4.96. The highest BCUT2D eigenvalue weighted by Crippen LogP contribution is 2.21. The highest BCUT2D eigenvalue weighted by molar-refractivity contribution is 5.92. The second-order valence-corrected chi connectivity index (χ2v) is 6.87. The first-order valence-electron chi connectivity index (χ1n) is 9.39. The molecule has 0 bridgehead atoms. The van der Waals surface area contributed by atoms with Gasteiger partial charge in [0.1, 0.15) is 0 Å². The van der Waals surface area contributed by atoms with E-state index in [0.29, 0.717) is 6.54 Å². The van der Waals surface area contributed by atoms with Crippen LogP contribution in [0.1, 0.15) is 32.1 Å². The molecule has 2 N–H and O–H groups in total. The molecule has 132 valence electrons. The SMILES string of the molecule is O=C(CNCCN1CCCCC1)Nc1ccc(N2CCCC2)cc1. The average Bonchev–Trinajstić information content (AvgIpc) is 3.15. The molecule has 5 nitrogen and oxygen atoms in total. The molecule has 24 heavy (non-hydrogen) atoms. The zero-order chi connectivity index (χ0) is 16.6. The van der Waals surface area contributed by atoms with Crippen LogP contribution in [0.4, 0.5) is 11.4 Å². The third-order valence-corrected chi connectivity index (χ3v) is 4.96. The summed E-state index contributed by atoms with van der Waals surface area (Å²) in [6, 6.07) is 8.20. The van der Waals surface area contributed by atoms with Crippen molar-refractivity contribution >= 4 is 17.3 Å². The highest BCUT2D eigenvalue weighted by Gasteiger charge is 2.12. The minimum atomic E-state index is 0.0302. The van der Waals surface area contributed by atoms with E-state index >= 15 is 0 Å². The molecule has 1 aromatic rings. The van der Waals surface area contributed by atoms with Crippen LogP contribution in [0.3, 0.4) is 0 Å². The molecule has 2 heterocycles. The number of nitrogens with one attached hydrogen (secondary N) is 2. The summed E-state index contributed by atoms with van der Waals surface area (Å²) in [5.74, 6) is 0.0302. The van der Waals surface area contributed by atoms with Crippen molar-refractivity contribution in [1.29, 1.82) is 0 Å². The minimum Gasteiger partial charge on any atom is -0.372 e. The Labute approximate surface area is 145 Å². The van der Waals surface area contributed by atoms with Crippen molar-refractivity contribution in [2.24, 2.45) is 0 Å². The molecular formula is C19H30N4O. The summed E-state index contributed by atoms with van der Waals surface area (Å²) in [5.41, 5.74) is 2.13. The third kappa shape index (κ3) is 5.21. The first-order valence-corrected chi connectivity index (χ1v) is 9.39. The van der Waals surface area contributed by atoms with Gasteiger partial charge in [-0.3, -0.25) is 4.79 Å². The summed E-state index contributed by atoms with van der Waals surface area (Å²) >= 11 is 0. The predicted molar refractivity (Wildman–Crippen MR) is 99.7 cm³/mol. The second kappa shape index (κ2) is 9.04. The Balaban J connectivity index is 1.33. The van der Waals surface area contributed by atoms with Crippen molar-refractivity contribution < 1.29 is 4.79 Å². The maximum Gasteiger partial charge on any atom is 0.238 e. The molecule has 2 fully saturated rings. The number of likely N-dealkylation sites (tertiary alicyclic amines) is 1. The molecule has 5 heteroatoms. The van der Waals surface area contributed by atoms with Crippen LogP contribution in [-0.2, 0) is 4.79 Å². The fraction of sp³-hybridized carbons (Fsp3) is 0.632. The zero-order valence-corrected chi connectivity index (χ0v) is 14.6. The van der Waals surface area contributed by atoms with Gasteiger partial charge in [-0.25, -0.2) is 0 Å². The molecule has 2 aliphatic rings. The van der Waals surface area contributed by atoms with Gasteiger partial charge in [0.05, 0.1) is 6.54 Å². The van der Waals surface area contributed by atoms with Crippen LogP contribution < -0.4 is 15.5 Å². The Morgan fingerprint density at radius 3 is 2.29 bits per heavy atom. The average molecular weight is 330 g/mol. The summed E-state index contributed by atoms with van der Waals surface area (Å²) in [4.78, 5) is 16.9. The van der Waals surface area contributed by atoms with Crippen LogP contribution in [0.15, 0.2) is 24.3 Å². The molecule has 3 rings (SSSR count). The molecule has 0 aliphatic carbocycles. The smallest absolute Gasteiger partial charge is 0.238 e. The molecule has 0 spiro atoms. The van der Waals surface area contributed by atoms with Crippen molar-refractivity contribution in [3.8, 4) is 0 Å². The van der Waals surface area contributed by atoms with Crippen LogP contribution in [0, 0.1) is 0 Å². The molecule has 2 aliphatic heterocycles. The van der Waals surface area contributed by atoms with E-state index < -0.39 is 0 Å². The minimum absolute atomic E-state index is 0.0302. The summed E-state index contributed by atoms with van der Waals surface area (Å²) in [7, 11) is 0. The van der Waals surface area contributed by atoms with E-state index in [1.54, 1.807) is 0 Å². The first kappa shape index (κ1) is 17.2. The van der Waals surface area contributed by atoms with Crippen LogP contribution in [0.2, 0.25) is 0 Å². The standard InChI is InChI=1S/C19H30N4O/c24-19(16-20-10-15-22-11-2-1-3-12-22)21-17-6-8-18(9-7-17)23-13-4-5-14-23/h6-9,20H,1-5,10-16H2,(H,21,24). The number of hydrogen-bond donors (Lipinski definition) is 2. The molecule has 2 saturated heterocycles. The second-order valence-electron chi connectivity index (χ2n) is 6.87. The normalized spacial score (nSPS) is 18.8. The number of anilines is 2. The van der Waals surface area contributed by atoms with Gasteiger partial charge in [-0.2, -0.15) is 0 Å². The van der Waals surface area contributed by atoms with Crippen LogP contribution in [0.5, 0.6) is 0 Å². The van der Waals surface area contributed by atoms with Gasteiger partial charge in [-0.05, 0) is 63.0 Å². The van der Waals surface area contributed by atoms with Crippen molar-refractivity contribution in [2.75, 3.05) is 56.0 Å². The Morgan fingerprint density at radius 1 is 0.917 bits per heavy atom. The van der Waals surface area contributed by atoms with E-state index in [0.717, 1.165) is 31.9 Å². The lowest BCUT2D eigenvalue weighted by molar-refractivity contribution is -0.115. The Bertz CT molecular complexity index is 505. The predicted octanol–water partition coefficient (Wildman–Crippen LogP) is 2.30. The Morgan fingerprint density at radius 2 is 1.58 bits per heavy atom. The van der Waals surface area contributed by atoms with Crippen molar-refractivity contribution in [3.63, 3.8) is 0 Å². The van der Waals surface area contributed by atoms with E-state index in [-0.39, 0.29) is 5.91 Å². The van der Waals surface area contributed by atoms with Gasteiger partial charge in [-0.15, -0.1) is 0 Å². The number of nitrogens with zero attached hydrogens (tertiary/aromatic N) is 2. The van der Waals surface area contributed by atoms with E-state index in [1.165, 1.54) is 50.9 Å². The number of piperidine rings is 1. The Kier molecular flexibility index (Phi) is 6.49. The summed E-state index contributed by atoms with van der Waals surface area (Å²) in [6.45, 7) is 6.99. The van der Waals surface area contributed by atoms with Gasteiger partial charge in [-0.1, -0.05) is 6.42 Å². The van der Waals surface area contributed by atoms with Gasteiger partial charge in [0.15, 0.2) is 0 Å². The van der Waals surface area contributed by atoms with Gasteiger partial charge in [0.25, 0.3) is 0 Å². The number of rotatable bonds is 7. The zero-order valence-electron chi connectivity index (χ0n) is 14.6. The fourth-order valence-electron chi connectivity index (χ4n) is 3.56. The van der Waals surface area contributed by atoms with E-state index in [9.17, 15) is 4.79 Å².